The Kier molecular flexibility index (Phi) is 6.23. The first kappa shape index (κ1) is 19.5. The molecule has 1 aromatic carbocycles. The minimum atomic E-state index is -0.362. The molecule has 0 amide bonds. The standard InChI is InChI=1S/C20H21FN2O2S2/c1-3-5-16-17(19(24)25-4-2)18(13-10-11-27-12-13)22-20(26)23(16)15-8-6-14(21)7-9-15/h6-12,18H,3-5H2,1-2H3,(H,22,26). The van der Waals surface area contributed by atoms with E-state index in [2.05, 4.69) is 5.32 Å². The van der Waals surface area contributed by atoms with Crippen LogP contribution in [0.25, 0.3) is 0 Å². The Morgan fingerprint density at radius 1 is 1.30 bits per heavy atom. The summed E-state index contributed by atoms with van der Waals surface area (Å²) in [6, 6.07) is 7.70. The molecule has 4 nitrogen and oxygen atoms in total. The molecule has 2 heterocycles. The van der Waals surface area contributed by atoms with E-state index in [9.17, 15) is 9.18 Å². The van der Waals surface area contributed by atoms with E-state index in [0.29, 0.717) is 29.4 Å². The highest BCUT2D eigenvalue weighted by Gasteiger charge is 2.36. The Hall–Kier alpha value is -2.25. The summed E-state index contributed by atoms with van der Waals surface area (Å²) in [6.45, 7) is 4.12. The molecule has 1 aliphatic rings. The van der Waals surface area contributed by atoms with Gasteiger partial charge in [-0.25, -0.2) is 9.18 Å². The SMILES string of the molecule is CCCC1=C(C(=O)OCC)C(c2ccsc2)NC(=S)N1c1ccc(F)cc1. The van der Waals surface area contributed by atoms with E-state index < -0.39 is 0 Å². The summed E-state index contributed by atoms with van der Waals surface area (Å²) in [7, 11) is 0. The van der Waals surface area contributed by atoms with Crippen molar-refractivity contribution in [1.82, 2.24) is 5.32 Å². The monoisotopic (exact) mass is 404 g/mol. The Morgan fingerprint density at radius 3 is 2.63 bits per heavy atom. The van der Waals surface area contributed by atoms with E-state index >= 15 is 0 Å². The lowest BCUT2D eigenvalue weighted by Gasteiger charge is -2.38. The number of thiocarbonyl (C=S) groups is 1. The zero-order valence-corrected chi connectivity index (χ0v) is 16.8. The van der Waals surface area contributed by atoms with Gasteiger partial charge in [0.1, 0.15) is 5.82 Å². The molecule has 0 fully saturated rings. The number of thiophene rings is 1. The second kappa shape index (κ2) is 8.63. The largest absolute Gasteiger partial charge is 0.463 e. The van der Waals surface area contributed by atoms with Crippen LogP contribution in [0.3, 0.4) is 0 Å². The smallest absolute Gasteiger partial charge is 0.338 e. The molecule has 1 aliphatic heterocycles. The number of hydrogen-bond donors (Lipinski definition) is 1. The van der Waals surface area contributed by atoms with Crippen molar-refractivity contribution >= 4 is 40.3 Å². The highest BCUT2D eigenvalue weighted by Crippen LogP contribution is 2.37. The number of carbonyl (C=O) groups is 1. The number of anilines is 1. The van der Waals surface area contributed by atoms with Gasteiger partial charge in [0.05, 0.1) is 18.2 Å². The van der Waals surface area contributed by atoms with Crippen LogP contribution in [0.15, 0.2) is 52.4 Å². The number of hydrogen-bond acceptors (Lipinski definition) is 4. The summed E-state index contributed by atoms with van der Waals surface area (Å²) in [6.07, 6.45) is 1.48. The van der Waals surface area contributed by atoms with E-state index in [1.807, 2.05) is 28.7 Å². The molecule has 0 saturated carbocycles. The van der Waals surface area contributed by atoms with Crippen LogP contribution < -0.4 is 10.2 Å². The van der Waals surface area contributed by atoms with Crippen molar-refractivity contribution in [3.8, 4) is 0 Å². The maximum Gasteiger partial charge on any atom is 0.338 e. The van der Waals surface area contributed by atoms with Crippen molar-refractivity contribution in [2.24, 2.45) is 0 Å². The second-order valence-electron chi connectivity index (χ2n) is 6.08. The Balaban J connectivity index is 2.17. The van der Waals surface area contributed by atoms with Crippen LogP contribution in [-0.2, 0) is 9.53 Å². The molecule has 1 unspecified atom stereocenters. The average molecular weight is 405 g/mol. The maximum atomic E-state index is 13.4. The molecular weight excluding hydrogens is 383 g/mol. The topological polar surface area (TPSA) is 41.6 Å². The molecule has 0 saturated heterocycles. The number of ether oxygens (including phenoxy) is 1. The third kappa shape index (κ3) is 4.04. The van der Waals surface area contributed by atoms with Crippen molar-refractivity contribution in [3.05, 3.63) is 63.7 Å². The van der Waals surface area contributed by atoms with Crippen LogP contribution in [0.4, 0.5) is 10.1 Å². The molecule has 7 heteroatoms. The predicted molar refractivity (Wildman–Crippen MR) is 110 cm³/mol. The van der Waals surface area contributed by atoms with Crippen LogP contribution in [0.5, 0.6) is 0 Å². The molecule has 0 bridgehead atoms. The summed E-state index contributed by atoms with van der Waals surface area (Å²) < 4.78 is 18.8. The number of benzene rings is 1. The highest BCUT2D eigenvalue weighted by atomic mass is 32.1. The first-order valence-corrected chi connectivity index (χ1v) is 10.2. The third-order valence-corrected chi connectivity index (χ3v) is 5.29. The van der Waals surface area contributed by atoms with Gasteiger partial charge >= 0.3 is 5.97 Å². The van der Waals surface area contributed by atoms with Crippen molar-refractivity contribution in [1.29, 1.82) is 0 Å². The van der Waals surface area contributed by atoms with Crippen LogP contribution >= 0.6 is 23.6 Å². The molecular formula is C20H21FN2O2S2. The summed E-state index contributed by atoms with van der Waals surface area (Å²) in [5.41, 5.74) is 3.03. The third-order valence-electron chi connectivity index (χ3n) is 4.28. The van der Waals surface area contributed by atoms with Gasteiger partial charge in [0.2, 0.25) is 0 Å². The zero-order chi connectivity index (χ0) is 19.4. The number of rotatable bonds is 6. The summed E-state index contributed by atoms with van der Waals surface area (Å²) in [5.74, 6) is -0.684. The Morgan fingerprint density at radius 2 is 2.04 bits per heavy atom. The fourth-order valence-electron chi connectivity index (χ4n) is 3.15. The molecule has 2 aromatic rings. The molecule has 3 rings (SSSR count). The molecule has 1 atom stereocenters. The molecule has 1 N–H and O–H groups in total. The van der Waals surface area contributed by atoms with Gasteiger partial charge in [-0.3, -0.25) is 4.90 Å². The average Bonchev–Trinajstić information content (AvgIpc) is 3.17. The van der Waals surface area contributed by atoms with Gasteiger partial charge in [0, 0.05) is 11.4 Å². The van der Waals surface area contributed by atoms with E-state index in [1.165, 1.54) is 12.1 Å². The molecule has 0 spiro atoms. The Bertz CT molecular complexity index is 847. The van der Waals surface area contributed by atoms with Gasteiger partial charge in [-0.2, -0.15) is 11.3 Å². The van der Waals surface area contributed by atoms with Crippen LogP contribution in [0.1, 0.15) is 38.3 Å². The van der Waals surface area contributed by atoms with Crippen LogP contribution in [0, 0.1) is 5.82 Å². The zero-order valence-electron chi connectivity index (χ0n) is 15.2. The van der Waals surface area contributed by atoms with Gasteiger partial charge in [0.25, 0.3) is 0 Å². The van der Waals surface area contributed by atoms with Crippen LogP contribution in [-0.4, -0.2) is 17.7 Å². The van der Waals surface area contributed by atoms with Gasteiger partial charge in [0.15, 0.2) is 5.11 Å². The molecule has 1 aromatic heterocycles. The lowest BCUT2D eigenvalue weighted by Crippen LogP contribution is -2.48. The number of nitrogens with one attached hydrogen (secondary N) is 1. The number of halogens is 1. The Labute approximate surface area is 167 Å². The lowest BCUT2D eigenvalue weighted by atomic mass is 9.94. The van der Waals surface area contributed by atoms with Gasteiger partial charge in [-0.15, -0.1) is 0 Å². The lowest BCUT2D eigenvalue weighted by molar-refractivity contribution is -0.139. The number of carbonyl (C=O) groups excluding carboxylic acids is 1. The van der Waals surface area contributed by atoms with Crippen molar-refractivity contribution in [2.75, 3.05) is 11.5 Å². The predicted octanol–water partition coefficient (Wildman–Crippen LogP) is 4.94. The van der Waals surface area contributed by atoms with Gasteiger partial charge in [-0.05, 0) is 72.2 Å². The summed E-state index contributed by atoms with van der Waals surface area (Å²) >= 11 is 7.19. The molecule has 27 heavy (non-hydrogen) atoms. The van der Waals surface area contributed by atoms with Gasteiger partial charge < -0.3 is 10.1 Å². The normalized spacial score (nSPS) is 17.1. The van der Waals surface area contributed by atoms with Crippen LogP contribution in [0.2, 0.25) is 0 Å². The van der Waals surface area contributed by atoms with Crippen molar-refractivity contribution < 1.29 is 13.9 Å². The quantitative estimate of drug-likeness (QED) is 0.546. The molecule has 0 radical (unpaired) electrons. The van der Waals surface area contributed by atoms with E-state index in [0.717, 1.165) is 17.7 Å². The fourth-order valence-corrected chi connectivity index (χ4v) is 4.17. The minimum Gasteiger partial charge on any atom is -0.463 e. The van der Waals surface area contributed by atoms with E-state index in [4.69, 9.17) is 17.0 Å². The first-order valence-electron chi connectivity index (χ1n) is 8.85. The minimum absolute atomic E-state index is 0.291. The van der Waals surface area contributed by atoms with Crippen molar-refractivity contribution in [3.63, 3.8) is 0 Å². The maximum absolute atomic E-state index is 13.4. The summed E-state index contributed by atoms with van der Waals surface area (Å²) in [5, 5.41) is 7.72. The molecule has 142 valence electrons. The number of nitrogens with zero attached hydrogens (tertiary/aromatic N) is 1. The van der Waals surface area contributed by atoms with Gasteiger partial charge in [-0.1, -0.05) is 13.3 Å². The number of esters is 1. The fraction of sp³-hybridized carbons (Fsp3) is 0.300. The van der Waals surface area contributed by atoms with E-state index in [1.54, 1.807) is 30.4 Å². The van der Waals surface area contributed by atoms with Crippen molar-refractivity contribution in [2.45, 2.75) is 32.7 Å². The number of allylic oxidation sites excluding steroid dienone is 1. The second-order valence-corrected chi connectivity index (χ2v) is 7.25. The summed E-state index contributed by atoms with van der Waals surface area (Å²) in [4.78, 5) is 14.7. The van der Waals surface area contributed by atoms with E-state index in [-0.39, 0.29) is 17.8 Å². The highest BCUT2D eigenvalue weighted by molar-refractivity contribution is 7.80. The first-order chi connectivity index (χ1) is 13.1. The molecule has 0 aliphatic carbocycles.